The summed E-state index contributed by atoms with van der Waals surface area (Å²) in [7, 11) is -4.00. The summed E-state index contributed by atoms with van der Waals surface area (Å²) >= 11 is 5.94. The van der Waals surface area contributed by atoms with E-state index in [4.69, 9.17) is 26.3 Å². The van der Waals surface area contributed by atoms with Crippen LogP contribution in [0.1, 0.15) is 19.3 Å². The van der Waals surface area contributed by atoms with Crippen molar-refractivity contribution in [3.8, 4) is 5.75 Å². The average molecular weight is 435 g/mol. The normalized spacial score (nSPS) is 27.3. The molecular weight excluding hydrogens is 412 g/mol. The number of aliphatic hydroxyl groups is 1. The lowest BCUT2D eigenvalue weighted by molar-refractivity contribution is -0.161. The molecule has 3 rings (SSSR count). The van der Waals surface area contributed by atoms with Gasteiger partial charge in [-0.1, -0.05) is 17.7 Å². The third kappa shape index (κ3) is 4.27. The fraction of sp³-hybridized carbons (Fsp3) is 0.588. The predicted molar refractivity (Wildman–Crippen MR) is 99.7 cm³/mol. The maximum absolute atomic E-state index is 13.1. The van der Waals surface area contributed by atoms with Gasteiger partial charge in [0.15, 0.2) is 5.60 Å². The molecule has 11 heteroatoms. The molecule has 156 valence electrons. The van der Waals surface area contributed by atoms with Crippen molar-refractivity contribution in [2.24, 2.45) is 0 Å². The molecule has 2 heterocycles. The van der Waals surface area contributed by atoms with Gasteiger partial charge >= 0.3 is 0 Å². The van der Waals surface area contributed by atoms with E-state index < -0.39 is 33.4 Å². The summed E-state index contributed by atoms with van der Waals surface area (Å²) in [6.07, 6.45) is 0.698. The highest BCUT2D eigenvalue weighted by molar-refractivity contribution is 7.89. The molecule has 2 aliphatic heterocycles. The van der Waals surface area contributed by atoms with Gasteiger partial charge in [0.05, 0.1) is 6.61 Å². The van der Waals surface area contributed by atoms with Gasteiger partial charge in [0, 0.05) is 24.7 Å². The number of hydrogen-bond donors (Lipinski definition) is 3. The van der Waals surface area contributed by atoms with E-state index in [1.807, 2.05) is 0 Å². The Labute approximate surface area is 168 Å². The SMILES string of the molecule is O=C(NO)C1(O)COCCC1S(=O)(=O)N1CCC(Oc2cccc(Cl)c2)CC1. The molecule has 1 aromatic carbocycles. The summed E-state index contributed by atoms with van der Waals surface area (Å²) in [6.45, 7) is -0.0135. The monoisotopic (exact) mass is 434 g/mol. The van der Waals surface area contributed by atoms with E-state index in [9.17, 15) is 18.3 Å². The van der Waals surface area contributed by atoms with Crippen molar-refractivity contribution < 1.29 is 33.0 Å². The molecule has 1 amide bonds. The quantitative estimate of drug-likeness (QED) is 0.456. The van der Waals surface area contributed by atoms with Crippen LogP contribution in [0.2, 0.25) is 5.02 Å². The predicted octanol–water partition coefficient (Wildman–Crippen LogP) is 0.538. The second kappa shape index (κ2) is 8.52. The van der Waals surface area contributed by atoms with E-state index >= 15 is 0 Å². The van der Waals surface area contributed by atoms with Crippen molar-refractivity contribution in [3.63, 3.8) is 0 Å². The molecule has 2 atom stereocenters. The summed E-state index contributed by atoms with van der Waals surface area (Å²) in [4.78, 5) is 11.9. The van der Waals surface area contributed by atoms with Crippen LogP contribution in [0.3, 0.4) is 0 Å². The van der Waals surface area contributed by atoms with Crippen molar-refractivity contribution in [2.45, 2.75) is 36.2 Å². The third-order valence-electron chi connectivity index (χ3n) is 5.09. The van der Waals surface area contributed by atoms with Crippen LogP contribution in [0.15, 0.2) is 24.3 Å². The van der Waals surface area contributed by atoms with Crippen LogP contribution in [0.4, 0.5) is 0 Å². The van der Waals surface area contributed by atoms with Gasteiger partial charge in [0.2, 0.25) is 10.0 Å². The van der Waals surface area contributed by atoms with Crippen LogP contribution < -0.4 is 10.2 Å². The lowest BCUT2D eigenvalue weighted by Crippen LogP contribution is -2.64. The highest BCUT2D eigenvalue weighted by atomic mass is 35.5. The Kier molecular flexibility index (Phi) is 6.47. The zero-order valence-corrected chi connectivity index (χ0v) is 16.7. The number of carbonyl (C=O) groups excluding carboxylic acids is 1. The maximum atomic E-state index is 13.1. The molecular formula is C17H23ClN2O7S. The van der Waals surface area contributed by atoms with Crippen molar-refractivity contribution in [2.75, 3.05) is 26.3 Å². The molecule has 2 fully saturated rings. The summed E-state index contributed by atoms with van der Waals surface area (Å²) < 4.78 is 38.4. The Balaban J connectivity index is 1.67. The summed E-state index contributed by atoms with van der Waals surface area (Å²) in [5, 5.41) is 18.6. The van der Waals surface area contributed by atoms with Crippen LogP contribution in [0.25, 0.3) is 0 Å². The minimum atomic E-state index is -4.00. The largest absolute Gasteiger partial charge is 0.490 e. The van der Waals surface area contributed by atoms with Gasteiger partial charge in [-0.05, 0) is 37.5 Å². The number of sulfonamides is 1. The highest BCUT2D eigenvalue weighted by Crippen LogP contribution is 2.31. The van der Waals surface area contributed by atoms with Gasteiger partial charge in [-0.2, -0.15) is 0 Å². The number of piperidine rings is 1. The Morgan fingerprint density at radius 3 is 2.68 bits per heavy atom. The number of carbonyl (C=O) groups is 1. The second-order valence-corrected chi connectivity index (χ2v) is 9.47. The minimum Gasteiger partial charge on any atom is -0.490 e. The lowest BCUT2D eigenvalue weighted by Gasteiger charge is -2.41. The van der Waals surface area contributed by atoms with Gasteiger partial charge in [-0.3, -0.25) is 10.0 Å². The van der Waals surface area contributed by atoms with Gasteiger partial charge in [-0.25, -0.2) is 18.2 Å². The molecule has 2 unspecified atom stereocenters. The first-order valence-corrected chi connectivity index (χ1v) is 10.8. The highest BCUT2D eigenvalue weighted by Gasteiger charge is 2.54. The number of hydroxylamine groups is 1. The first kappa shape index (κ1) is 21.3. The van der Waals surface area contributed by atoms with E-state index in [2.05, 4.69) is 0 Å². The molecule has 0 spiro atoms. The molecule has 3 N–H and O–H groups in total. The van der Waals surface area contributed by atoms with Crippen molar-refractivity contribution in [3.05, 3.63) is 29.3 Å². The van der Waals surface area contributed by atoms with E-state index in [-0.39, 0.29) is 32.2 Å². The number of nitrogens with zero attached hydrogens (tertiary/aromatic N) is 1. The number of nitrogens with one attached hydrogen (secondary N) is 1. The molecule has 0 radical (unpaired) electrons. The number of ether oxygens (including phenoxy) is 2. The van der Waals surface area contributed by atoms with Gasteiger partial charge < -0.3 is 14.6 Å². The number of halogens is 1. The third-order valence-corrected chi connectivity index (χ3v) is 7.76. The van der Waals surface area contributed by atoms with Crippen LogP contribution >= 0.6 is 11.6 Å². The minimum absolute atomic E-state index is 0.0504. The first-order chi connectivity index (χ1) is 13.3. The summed E-state index contributed by atoms with van der Waals surface area (Å²) in [5.41, 5.74) is -1.01. The Morgan fingerprint density at radius 2 is 2.04 bits per heavy atom. The number of rotatable bonds is 5. The number of amides is 1. The number of benzene rings is 1. The van der Waals surface area contributed by atoms with Crippen LogP contribution in [0, 0.1) is 0 Å². The standard InChI is InChI=1S/C17H23ClN2O7S/c18-12-2-1-3-14(10-12)27-13-4-7-20(8-5-13)28(24,25)15-6-9-26-11-17(15,22)16(21)19-23/h1-3,10,13,15,22-23H,4-9,11H2,(H,19,21). The molecule has 0 aromatic heterocycles. The van der Waals surface area contributed by atoms with Crippen molar-refractivity contribution >= 4 is 27.5 Å². The zero-order valence-electron chi connectivity index (χ0n) is 15.1. The molecule has 9 nitrogen and oxygen atoms in total. The van der Waals surface area contributed by atoms with E-state index in [1.165, 1.54) is 9.79 Å². The summed E-state index contributed by atoms with van der Waals surface area (Å²) in [5.74, 6) is -0.577. The van der Waals surface area contributed by atoms with Crippen molar-refractivity contribution in [1.82, 2.24) is 9.79 Å². The second-order valence-electron chi connectivity index (χ2n) is 6.91. The lowest BCUT2D eigenvalue weighted by atomic mass is 9.95. The molecule has 2 aliphatic rings. The van der Waals surface area contributed by atoms with Gasteiger partial charge in [0.25, 0.3) is 5.91 Å². The topological polar surface area (TPSA) is 125 Å². The maximum Gasteiger partial charge on any atom is 0.279 e. The molecule has 28 heavy (non-hydrogen) atoms. The smallest absolute Gasteiger partial charge is 0.279 e. The fourth-order valence-corrected chi connectivity index (χ4v) is 5.89. The van der Waals surface area contributed by atoms with Crippen LogP contribution in [0.5, 0.6) is 5.75 Å². The van der Waals surface area contributed by atoms with Gasteiger partial charge in [-0.15, -0.1) is 0 Å². The molecule has 2 saturated heterocycles. The van der Waals surface area contributed by atoms with E-state index in [0.29, 0.717) is 23.6 Å². The fourth-order valence-electron chi connectivity index (χ4n) is 3.57. The molecule has 0 saturated carbocycles. The molecule has 0 bridgehead atoms. The average Bonchev–Trinajstić information content (AvgIpc) is 2.68. The molecule has 1 aromatic rings. The Bertz CT molecular complexity index is 813. The molecule has 0 aliphatic carbocycles. The van der Waals surface area contributed by atoms with Crippen molar-refractivity contribution in [1.29, 1.82) is 0 Å². The summed E-state index contributed by atoms with van der Waals surface area (Å²) in [6, 6.07) is 6.99. The number of hydrogen-bond acceptors (Lipinski definition) is 7. The van der Waals surface area contributed by atoms with E-state index in [1.54, 1.807) is 24.3 Å². The Morgan fingerprint density at radius 1 is 1.32 bits per heavy atom. The van der Waals surface area contributed by atoms with Crippen LogP contribution in [-0.4, -0.2) is 72.2 Å². The van der Waals surface area contributed by atoms with Crippen LogP contribution in [-0.2, 0) is 19.6 Å². The zero-order chi connectivity index (χ0) is 20.4. The first-order valence-electron chi connectivity index (χ1n) is 8.93. The van der Waals surface area contributed by atoms with E-state index in [0.717, 1.165) is 0 Å². The Hall–Kier alpha value is -1.43. The van der Waals surface area contributed by atoms with Gasteiger partial charge in [0.1, 0.15) is 17.1 Å².